The molecule has 0 aliphatic carbocycles. The maximum absolute atomic E-state index is 12.5. The van der Waals surface area contributed by atoms with Crippen molar-refractivity contribution in [2.45, 2.75) is 20.4 Å². The number of aryl methyl sites for hydroxylation is 3. The number of amides is 1. The summed E-state index contributed by atoms with van der Waals surface area (Å²) in [4.78, 5) is 22.2. The number of carbonyl (C=O) groups is 1. The lowest BCUT2D eigenvalue weighted by molar-refractivity contribution is 0.0951. The predicted molar refractivity (Wildman–Crippen MR) is 95.7 cm³/mol. The van der Waals surface area contributed by atoms with Gasteiger partial charge in [0.15, 0.2) is 5.82 Å². The molecule has 0 saturated heterocycles. The number of rotatable bonds is 5. The fraction of sp³-hybridized carbons (Fsp3) is 0.294. The Hall–Kier alpha value is -2.74. The minimum absolute atomic E-state index is 0.143. The summed E-state index contributed by atoms with van der Waals surface area (Å²) < 4.78 is 6.68. The number of ether oxygens (including phenoxy) is 1. The Morgan fingerprint density at radius 1 is 1.32 bits per heavy atom. The highest BCUT2D eigenvalue weighted by atomic mass is 32.1. The number of nitrogens with one attached hydrogen (secondary N) is 1. The normalized spacial score (nSPS) is 10.7. The summed E-state index contributed by atoms with van der Waals surface area (Å²) in [7, 11) is 3.30. The minimum atomic E-state index is -0.143. The van der Waals surface area contributed by atoms with Gasteiger partial charge in [-0.3, -0.25) is 4.79 Å². The van der Waals surface area contributed by atoms with Gasteiger partial charge in [-0.05, 0) is 26.0 Å². The molecule has 25 heavy (non-hydrogen) atoms. The quantitative estimate of drug-likeness (QED) is 0.759. The Bertz CT molecular complexity index is 916. The largest absolute Gasteiger partial charge is 0.467 e. The number of aromatic nitrogens is 4. The molecule has 0 aliphatic heterocycles. The van der Waals surface area contributed by atoms with Crippen LogP contribution in [0.1, 0.15) is 25.9 Å². The number of hydrogen-bond donors (Lipinski definition) is 1. The summed E-state index contributed by atoms with van der Waals surface area (Å²) in [6, 6.07) is 7.64. The molecule has 7 nitrogen and oxygen atoms in total. The van der Waals surface area contributed by atoms with Crippen molar-refractivity contribution < 1.29 is 9.53 Å². The van der Waals surface area contributed by atoms with E-state index >= 15 is 0 Å². The van der Waals surface area contributed by atoms with E-state index in [1.165, 1.54) is 0 Å². The van der Waals surface area contributed by atoms with Gasteiger partial charge in [0.2, 0.25) is 0 Å². The summed E-state index contributed by atoms with van der Waals surface area (Å²) in [5.74, 6) is 0.373. The summed E-state index contributed by atoms with van der Waals surface area (Å²) in [6.07, 6.45) is 0. The standard InChI is InChI=1S/C17H19N5O2S/c1-10-14(25-11(2)19-10)9-18-16(23)13-7-5-6-12(8-13)15-20-17(24-4)22(3)21-15/h5-8H,9H2,1-4H3,(H,18,23). The topological polar surface area (TPSA) is 81.9 Å². The van der Waals surface area contributed by atoms with Crippen molar-refractivity contribution in [1.82, 2.24) is 25.1 Å². The molecule has 2 aromatic heterocycles. The highest BCUT2D eigenvalue weighted by Gasteiger charge is 2.13. The molecule has 0 radical (unpaired) electrons. The third-order valence-corrected chi connectivity index (χ3v) is 4.77. The van der Waals surface area contributed by atoms with Gasteiger partial charge in [-0.1, -0.05) is 12.1 Å². The maximum Gasteiger partial charge on any atom is 0.314 e. The van der Waals surface area contributed by atoms with Crippen molar-refractivity contribution >= 4 is 17.2 Å². The molecule has 0 spiro atoms. The van der Waals surface area contributed by atoms with Gasteiger partial charge in [-0.25, -0.2) is 9.67 Å². The number of benzene rings is 1. The lowest BCUT2D eigenvalue weighted by atomic mass is 10.1. The van der Waals surface area contributed by atoms with Crippen LogP contribution in [0.25, 0.3) is 11.4 Å². The summed E-state index contributed by atoms with van der Waals surface area (Å²) in [5, 5.41) is 8.24. The molecule has 130 valence electrons. The smallest absolute Gasteiger partial charge is 0.314 e. The number of methoxy groups -OCH3 is 1. The van der Waals surface area contributed by atoms with Crippen molar-refractivity contribution in [2.24, 2.45) is 7.05 Å². The second-order valence-corrected chi connectivity index (χ2v) is 6.84. The maximum atomic E-state index is 12.5. The number of nitrogens with zero attached hydrogens (tertiary/aromatic N) is 4. The molecule has 1 aromatic carbocycles. The first-order chi connectivity index (χ1) is 12.0. The van der Waals surface area contributed by atoms with Gasteiger partial charge in [0.05, 0.1) is 24.4 Å². The van der Waals surface area contributed by atoms with Crippen LogP contribution in [-0.2, 0) is 13.6 Å². The molecule has 1 amide bonds. The molecular weight excluding hydrogens is 338 g/mol. The summed E-state index contributed by atoms with van der Waals surface area (Å²) in [6.45, 7) is 4.38. The number of hydrogen-bond acceptors (Lipinski definition) is 6. The molecular formula is C17H19N5O2S. The van der Waals surface area contributed by atoms with Crippen molar-refractivity contribution in [1.29, 1.82) is 0 Å². The van der Waals surface area contributed by atoms with Gasteiger partial charge in [0.1, 0.15) is 0 Å². The van der Waals surface area contributed by atoms with Crippen molar-refractivity contribution in [3.05, 3.63) is 45.4 Å². The van der Waals surface area contributed by atoms with Crippen molar-refractivity contribution in [2.75, 3.05) is 7.11 Å². The Morgan fingerprint density at radius 3 is 2.76 bits per heavy atom. The van der Waals surface area contributed by atoms with Crippen LogP contribution in [-0.4, -0.2) is 32.8 Å². The zero-order valence-corrected chi connectivity index (χ0v) is 15.3. The predicted octanol–water partition coefficient (Wildman–Crippen LogP) is 2.49. The van der Waals surface area contributed by atoms with Crippen molar-refractivity contribution in [3.8, 4) is 17.4 Å². The highest BCUT2D eigenvalue weighted by Crippen LogP contribution is 2.20. The molecule has 3 rings (SSSR count). The van der Waals surface area contributed by atoms with Gasteiger partial charge in [-0.2, -0.15) is 4.98 Å². The van der Waals surface area contributed by atoms with Crippen LogP contribution in [0, 0.1) is 13.8 Å². The third-order valence-electron chi connectivity index (χ3n) is 3.70. The van der Waals surface area contributed by atoms with E-state index in [1.54, 1.807) is 42.3 Å². The van der Waals surface area contributed by atoms with Crippen LogP contribution in [0.4, 0.5) is 0 Å². The Kier molecular flexibility index (Phi) is 4.80. The average Bonchev–Trinajstić information content (AvgIpc) is 3.14. The SMILES string of the molecule is COc1nc(-c2cccc(C(=O)NCc3sc(C)nc3C)c2)nn1C. The summed E-state index contributed by atoms with van der Waals surface area (Å²) in [5.41, 5.74) is 2.28. The number of carbonyl (C=O) groups excluding carboxylic acids is 1. The minimum Gasteiger partial charge on any atom is -0.467 e. The summed E-state index contributed by atoms with van der Waals surface area (Å²) >= 11 is 1.60. The molecule has 2 heterocycles. The molecule has 0 saturated carbocycles. The van der Waals surface area contributed by atoms with Crippen LogP contribution >= 0.6 is 11.3 Å². The van der Waals surface area contributed by atoms with Gasteiger partial charge in [0, 0.05) is 23.1 Å². The lowest BCUT2D eigenvalue weighted by Crippen LogP contribution is -2.22. The molecule has 0 fully saturated rings. The fourth-order valence-corrected chi connectivity index (χ4v) is 3.35. The second-order valence-electron chi connectivity index (χ2n) is 5.55. The first-order valence-electron chi connectivity index (χ1n) is 7.74. The Balaban J connectivity index is 1.76. The van der Waals surface area contributed by atoms with Crippen LogP contribution in [0.5, 0.6) is 6.01 Å². The Labute approximate surface area is 149 Å². The van der Waals surface area contributed by atoms with Crippen LogP contribution in [0.2, 0.25) is 0 Å². The van der Waals surface area contributed by atoms with Crippen LogP contribution < -0.4 is 10.1 Å². The van der Waals surface area contributed by atoms with E-state index in [4.69, 9.17) is 4.74 Å². The monoisotopic (exact) mass is 357 g/mol. The van der Waals surface area contributed by atoms with E-state index in [2.05, 4.69) is 20.4 Å². The van der Waals surface area contributed by atoms with Crippen LogP contribution in [0.15, 0.2) is 24.3 Å². The van der Waals surface area contributed by atoms with E-state index in [9.17, 15) is 4.79 Å². The first kappa shape index (κ1) is 17.1. The van der Waals surface area contributed by atoms with Gasteiger partial charge < -0.3 is 10.1 Å². The van der Waals surface area contributed by atoms with Gasteiger partial charge in [-0.15, -0.1) is 16.4 Å². The van der Waals surface area contributed by atoms with Crippen molar-refractivity contribution in [3.63, 3.8) is 0 Å². The highest BCUT2D eigenvalue weighted by molar-refractivity contribution is 7.11. The average molecular weight is 357 g/mol. The first-order valence-corrected chi connectivity index (χ1v) is 8.56. The van der Waals surface area contributed by atoms with E-state index in [1.807, 2.05) is 26.0 Å². The molecule has 0 unspecified atom stereocenters. The van der Waals surface area contributed by atoms with E-state index in [0.717, 1.165) is 21.1 Å². The molecule has 1 N–H and O–H groups in total. The zero-order valence-electron chi connectivity index (χ0n) is 14.5. The zero-order chi connectivity index (χ0) is 18.0. The molecule has 0 aliphatic rings. The van der Waals surface area contributed by atoms with Crippen LogP contribution in [0.3, 0.4) is 0 Å². The molecule has 0 atom stereocenters. The van der Waals surface area contributed by atoms with E-state index in [-0.39, 0.29) is 5.91 Å². The number of thiazole rings is 1. The van der Waals surface area contributed by atoms with E-state index < -0.39 is 0 Å². The molecule has 0 bridgehead atoms. The Morgan fingerprint density at radius 2 is 2.12 bits per heavy atom. The molecule has 3 aromatic rings. The fourth-order valence-electron chi connectivity index (χ4n) is 2.47. The van der Waals surface area contributed by atoms with Gasteiger partial charge in [0.25, 0.3) is 5.91 Å². The second kappa shape index (κ2) is 7.02. The molecule has 8 heteroatoms. The lowest BCUT2D eigenvalue weighted by Gasteiger charge is -2.05. The van der Waals surface area contributed by atoms with E-state index in [0.29, 0.717) is 23.9 Å². The van der Waals surface area contributed by atoms with Gasteiger partial charge >= 0.3 is 6.01 Å². The third kappa shape index (κ3) is 3.69.